The Balaban J connectivity index is 1.90. The first kappa shape index (κ1) is 18.1. The van der Waals surface area contributed by atoms with Crippen molar-refractivity contribution in [2.45, 2.75) is 18.2 Å². The molecule has 0 aliphatic heterocycles. The predicted molar refractivity (Wildman–Crippen MR) is 102 cm³/mol. The van der Waals surface area contributed by atoms with Gasteiger partial charge in [0.05, 0.1) is 28.8 Å². The summed E-state index contributed by atoms with van der Waals surface area (Å²) >= 11 is 1.64. The number of rotatable bonds is 5. The summed E-state index contributed by atoms with van der Waals surface area (Å²) in [6.45, 7) is 1.80. The highest BCUT2D eigenvalue weighted by molar-refractivity contribution is 7.98. The number of nitrogens with one attached hydrogen (secondary N) is 1. The van der Waals surface area contributed by atoms with Crippen molar-refractivity contribution in [3.05, 3.63) is 83.2 Å². The minimum absolute atomic E-state index is 0.225. The normalized spacial score (nSPS) is 10.6. The zero-order valence-corrected chi connectivity index (χ0v) is 15.3. The number of aryl methyl sites for hydroxylation is 1. The molecule has 4 nitrogen and oxygen atoms in total. The van der Waals surface area contributed by atoms with Crippen LogP contribution < -0.4 is 5.32 Å². The first-order chi connectivity index (χ1) is 12.6. The lowest BCUT2D eigenvalue weighted by Crippen LogP contribution is -2.17. The molecular weight excluding hydrogens is 349 g/mol. The lowest BCUT2D eigenvalue weighted by atomic mass is 10.0. The fraction of sp³-hybridized carbons (Fsp3) is 0.150. The maximum absolute atomic E-state index is 13.7. The van der Waals surface area contributed by atoms with Crippen LogP contribution in [0.3, 0.4) is 0 Å². The Morgan fingerprint density at radius 1 is 1.19 bits per heavy atom. The standard InChI is InChI=1S/C20H18FN3OS/c1-13-18(7-4-8-22-13)24-20(25)17-11-15(21)12-23-19(17)10-14-5-3-6-16(9-14)26-2/h3-9,11-12H,10H2,1-2H3,(H,24,25). The topological polar surface area (TPSA) is 54.9 Å². The van der Waals surface area contributed by atoms with Gasteiger partial charge in [0.1, 0.15) is 5.82 Å². The molecule has 6 heteroatoms. The van der Waals surface area contributed by atoms with Crippen LogP contribution in [0.15, 0.2) is 59.8 Å². The minimum Gasteiger partial charge on any atom is -0.320 e. The van der Waals surface area contributed by atoms with Gasteiger partial charge in [0.25, 0.3) is 5.91 Å². The quantitative estimate of drug-likeness (QED) is 0.675. The van der Waals surface area contributed by atoms with E-state index in [1.54, 1.807) is 37.0 Å². The molecule has 26 heavy (non-hydrogen) atoms. The Morgan fingerprint density at radius 3 is 2.81 bits per heavy atom. The Kier molecular flexibility index (Phi) is 5.63. The smallest absolute Gasteiger partial charge is 0.257 e. The van der Waals surface area contributed by atoms with Gasteiger partial charge in [0, 0.05) is 17.5 Å². The molecule has 2 aromatic heterocycles. The van der Waals surface area contributed by atoms with E-state index in [1.165, 1.54) is 6.07 Å². The van der Waals surface area contributed by atoms with E-state index in [4.69, 9.17) is 0 Å². The SMILES string of the molecule is CSc1cccc(Cc2ncc(F)cc2C(=O)Nc2cccnc2C)c1. The van der Waals surface area contributed by atoms with Gasteiger partial charge in [-0.3, -0.25) is 14.8 Å². The third-order valence-electron chi connectivity index (χ3n) is 3.94. The fourth-order valence-electron chi connectivity index (χ4n) is 2.59. The van der Waals surface area contributed by atoms with Gasteiger partial charge in [0.15, 0.2) is 0 Å². The third kappa shape index (κ3) is 4.26. The molecule has 0 bridgehead atoms. The Labute approximate surface area is 155 Å². The Hall–Kier alpha value is -2.73. The van der Waals surface area contributed by atoms with E-state index in [-0.39, 0.29) is 5.56 Å². The second-order valence-corrected chi connectivity index (χ2v) is 6.65. The molecule has 0 atom stereocenters. The fourth-order valence-corrected chi connectivity index (χ4v) is 3.07. The van der Waals surface area contributed by atoms with Crippen LogP contribution in [0.2, 0.25) is 0 Å². The summed E-state index contributed by atoms with van der Waals surface area (Å²) in [5.41, 5.74) is 3.06. The number of amides is 1. The van der Waals surface area contributed by atoms with E-state index < -0.39 is 11.7 Å². The molecule has 2 heterocycles. The highest BCUT2D eigenvalue weighted by atomic mass is 32.2. The predicted octanol–water partition coefficient (Wildman–Crippen LogP) is 4.49. The number of pyridine rings is 2. The van der Waals surface area contributed by atoms with Crippen molar-refractivity contribution in [1.29, 1.82) is 0 Å². The van der Waals surface area contributed by atoms with Crippen LogP contribution in [-0.4, -0.2) is 22.1 Å². The number of halogens is 1. The summed E-state index contributed by atoms with van der Waals surface area (Å²) in [6.07, 6.45) is 5.24. The molecule has 0 unspecified atom stereocenters. The summed E-state index contributed by atoms with van der Waals surface area (Å²) in [5.74, 6) is -0.941. The number of benzene rings is 1. The maximum Gasteiger partial charge on any atom is 0.257 e. The molecule has 1 aromatic carbocycles. The van der Waals surface area contributed by atoms with Crippen LogP contribution in [0.4, 0.5) is 10.1 Å². The van der Waals surface area contributed by atoms with Gasteiger partial charge < -0.3 is 5.32 Å². The second-order valence-electron chi connectivity index (χ2n) is 5.77. The number of hydrogen-bond acceptors (Lipinski definition) is 4. The van der Waals surface area contributed by atoms with Crippen LogP contribution in [0.5, 0.6) is 0 Å². The molecule has 0 fully saturated rings. The molecule has 3 aromatic rings. The molecule has 132 valence electrons. The summed E-state index contributed by atoms with van der Waals surface area (Å²) in [6, 6.07) is 12.7. The van der Waals surface area contributed by atoms with Crippen molar-refractivity contribution >= 4 is 23.4 Å². The largest absolute Gasteiger partial charge is 0.320 e. The molecule has 0 saturated carbocycles. The van der Waals surface area contributed by atoms with Gasteiger partial charge in [0.2, 0.25) is 0 Å². The summed E-state index contributed by atoms with van der Waals surface area (Å²) in [4.78, 5) is 22.1. The molecule has 0 spiro atoms. The molecule has 0 saturated heterocycles. The van der Waals surface area contributed by atoms with Crippen molar-refractivity contribution < 1.29 is 9.18 Å². The van der Waals surface area contributed by atoms with Crippen molar-refractivity contribution in [3.63, 3.8) is 0 Å². The lowest BCUT2D eigenvalue weighted by molar-refractivity contribution is 0.102. The monoisotopic (exact) mass is 367 g/mol. The van der Waals surface area contributed by atoms with Gasteiger partial charge in [-0.1, -0.05) is 12.1 Å². The second kappa shape index (κ2) is 8.10. The number of carbonyl (C=O) groups excluding carboxylic acids is 1. The molecule has 0 aliphatic rings. The average Bonchev–Trinajstić information content (AvgIpc) is 2.65. The van der Waals surface area contributed by atoms with Crippen molar-refractivity contribution in [1.82, 2.24) is 9.97 Å². The van der Waals surface area contributed by atoms with Crippen molar-refractivity contribution in [2.75, 3.05) is 11.6 Å². The van der Waals surface area contributed by atoms with Gasteiger partial charge in [-0.15, -0.1) is 11.8 Å². The van der Waals surface area contributed by atoms with Gasteiger partial charge >= 0.3 is 0 Å². The van der Waals surface area contributed by atoms with Crippen LogP contribution >= 0.6 is 11.8 Å². The summed E-state index contributed by atoms with van der Waals surface area (Å²) < 4.78 is 13.7. The first-order valence-electron chi connectivity index (χ1n) is 8.07. The van der Waals surface area contributed by atoms with Gasteiger partial charge in [-0.25, -0.2) is 4.39 Å². The van der Waals surface area contributed by atoms with Crippen LogP contribution in [0.25, 0.3) is 0 Å². The van der Waals surface area contributed by atoms with Crippen LogP contribution in [0.1, 0.15) is 27.3 Å². The highest BCUT2D eigenvalue weighted by Gasteiger charge is 2.16. The number of hydrogen-bond donors (Lipinski definition) is 1. The Morgan fingerprint density at radius 2 is 2.04 bits per heavy atom. The van der Waals surface area contributed by atoms with E-state index in [0.717, 1.165) is 16.7 Å². The zero-order valence-electron chi connectivity index (χ0n) is 14.5. The molecule has 0 aliphatic carbocycles. The van der Waals surface area contributed by atoms with Crippen LogP contribution in [0, 0.1) is 12.7 Å². The molecular formula is C20H18FN3OS. The zero-order chi connectivity index (χ0) is 18.5. The molecule has 1 N–H and O–H groups in total. The van der Waals surface area contributed by atoms with E-state index in [2.05, 4.69) is 15.3 Å². The van der Waals surface area contributed by atoms with Gasteiger partial charge in [-0.2, -0.15) is 0 Å². The van der Waals surface area contributed by atoms with E-state index >= 15 is 0 Å². The van der Waals surface area contributed by atoms with Crippen molar-refractivity contribution in [3.8, 4) is 0 Å². The number of thioether (sulfide) groups is 1. The Bertz CT molecular complexity index is 946. The summed E-state index contributed by atoms with van der Waals surface area (Å²) in [5, 5.41) is 2.79. The number of anilines is 1. The highest BCUT2D eigenvalue weighted by Crippen LogP contribution is 2.20. The van der Waals surface area contributed by atoms with Gasteiger partial charge in [-0.05, 0) is 49.1 Å². The number of carbonyl (C=O) groups is 1. The first-order valence-corrected chi connectivity index (χ1v) is 9.29. The third-order valence-corrected chi connectivity index (χ3v) is 4.67. The molecule has 1 amide bonds. The number of nitrogens with zero attached hydrogens (tertiary/aromatic N) is 2. The average molecular weight is 367 g/mol. The van der Waals surface area contributed by atoms with E-state index in [0.29, 0.717) is 23.5 Å². The van der Waals surface area contributed by atoms with Crippen molar-refractivity contribution in [2.24, 2.45) is 0 Å². The maximum atomic E-state index is 13.7. The van der Waals surface area contributed by atoms with E-state index in [9.17, 15) is 9.18 Å². The van der Waals surface area contributed by atoms with Crippen LogP contribution in [-0.2, 0) is 6.42 Å². The number of aromatic nitrogens is 2. The minimum atomic E-state index is -0.542. The van der Waals surface area contributed by atoms with E-state index in [1.807, 2.05) is 30.5 Å². The lowest BCUT2D eigenvalue weighted by Gasteiger charge is -2.11. The molecule has 3 rings (SSSR count). The molecule has 0 radical (unpaired) electrons. The summed E-state index contributed by atoms with van der Waals surface area (Å²) in [7, 11) is 0.